The van der Waals surface area contributed by atoms with Crippen molar-refractivity contribution in [3.05, 3.63) is 46.0 Å². The van der Waals surface area contributed by atoms with Gasteiger partial charge >= 0.3 is 0 Å². The van der Waals surface area contributed by atoms with Gasteiger partial charge in [0.15, 0.2) is 0 Å². The van der Waals surface area contributed by atoms with Crippen LogP contribution in [0, 0.1) is 6.92 Å². The van der Waals surface area contributed by atoms with Crippen molar-refractivity contribution < 1.29 is 0 Å². The van der Waals surface area contributed by atoms with Crippen LogP contribution in [0.3, 0.4) is 0 Å². The molecule has 2 heterocycles. The van der Waals surface area contributed by atoms with Gasteiger partial charge in [-0.3, -0.25) is 20.9 Å². The first-order chi connectivity index (χ1) is 9.13. The van der Waals surface area contributed by atoms with Crippen molar-refractivity contribution in [1.82, 2.24) is 20.2 Å². The van der Waals surface area contributed by atoms with Crippen LogP contribution in [0.5, 0.6) is 0 Å². The average molecular weight is 324 g/mol. The first kappa shape index (κ1) is 14.2. The molecule has 0 bridgehead atoms. The van der Waals surface area contributed by atoms with Gasteiger partial charge in [-0.25, -0.2) is 0 Å². The van der Waals surface area contributed by atoms with E-state index in [1.165, 1.54) is 0 Å². The number of pyridine rings is 1. The molecule has 0 amide bonds. The maximum absolute atomic E-state index is 5.66. The Hall–Kier alpha value is -1.24. The quantitative estimate of drug-likeness (QED) is 0.653. The highest BCUT2D eigenvalue weighted by Gasteiger charge is 2.15. The normalized spacial score (nSPS) is 12.6. The van der Waals surface area contributed by atoms with Gasteiger partial charge < -0.3 is 0 Å². The van der Waals surface area contributed by atoms with Crippen LogP contribution in [-0.2, 0) is 13.0 Å². The average Bonchev–Trinajstić information content (AvgIpc) is 2.77. The van der Waals surface area contributed by atoms with Crippen LogP contribution in [0.1, 0.15) is 30.0 Å². The summed E-state index contributed by atoms with van der Waals surface area (Å²) in [7, 11) is 0. The first-order valence-corrected chi connectivity index (χ1v) is 7.04. The lowest BCUT2D eigenvalue weighted by atomic mass is 10.1. The molecule has 6 heteroatoms. The number of halogens is 1. The Kier molecular flexibility index (Phi) is 4.68. The van der Waals surface area contributed by atoms with Crippen molar-refractivity contribution in [3.8, 4) is 0 Å². The number of nitrogens with zero attached hydrogens (tertiary/aromatic N) is 3. The minimum atomic E-state index is -0.0190. The van der Waals surface area contributed by atoms with Crippen molar-refractivity contribution in [3.63, 3.8) is 0 Å². The highest BCUT2D eigenvalue weighted by atomic mass is 79.9. The van der Waals surface area contributed by atoms with E-state index in [2.05, 4.69) is 44.4 Å². The summed E-state index contributed by atoms with van der Waals surface area (Å²) in [5.74, 6) is 5.66. The lowest BCUT2D eigenvalue weighted by Gasteiger charge is -2.16. The standard InChI is InChI=1S/C13H18BrN5/c1-3-19-11(6-9(2)18-19)7-13(17-15)12-5-4-10(14)8-16-12/h4-6,8,13,17H,3,7,15H2,1-2H3. The monoisotopic (exact) mass is 323 g/mol. The molecule has 0 aliphatic heterocycles. The summed E-state index contributed by atoms with van der Waals surface area (Å²) in [4.78, 5) is 4.39. The molecule has 3 N–H and O–H groups in total. The summed E-state index contributed by atoms with van der Waals surface area (Å²) in [6, 6.07) is 6.00. The van der Waals surface area contributed by atoms with E-state index in [4.69, 9.17) is 5.84 Å². The first-order valence-electron chi connectivity index (χ1n) is 6.25. The highest BCUT2D eigenvalue weighted by Crippen LogP contribution is 2.18. The van der Waals surface area contributed by atoms with Gasteiger partial charge in [0.05, 0.1) is 17.4 Å². The third kappa shape index (κ3) is 3.40. The number of hydrogen-bond donors (Lipinski definition) is 2. The summed E-state index contributed by atoms with van der Waals surface area (Å²) in [6.45, 7) is 4.94. The zero-order valence-corrected chi connectivity index (χ0v) is 12.7. The fourth-order valence-electron chi connectivity index (χ4n) is 2.09. The van der Waals surface area contributed by atoms with Crippen LogP contribution in [0.25, 0.3) is 0 Å². The lowest BCUT2D eigenvalue weighted by Crippen LogP contribution is -2.30. The smallest absolute Gasteiger partial charge is 0.0687 e. The largest absolute Gasteiger partial charge is 0.271 e. The van der Waals surface area contributed by atoms with Crippen LogP contribution < -0.4 is 11.3 Å². The summed E-state index contributed by atoms with van der Waals surface area (Å²) in [5.41, 5.74) is 5.94. The number of aryl methyl sites for hydroxylation is 2. The second-order valence-electron chi connectivity index (χ2n) is 4.42. The van der Waals surface area contributed by atoms with Gasteiger partial charge in [-0.15, -0.1) is 0 Å². The van der Waals surface area contributed by atoms with E-state index in [-0.39, 0.29) is 6.04 Å². The van der Waals surface area contributed by atoms with Gasteiger partial charge in [-0.2, -0.15) is 5.10 Å². The highest BCUT2D eigenvalue weighted by molar-refractivity contribution is 9.10. The fourth-order valence-corrected chi connectivity index (χ4v) is 2.32. The minimum Gasteiger partial charge on any atom is -0.271 e. The Bertz CT molecular complexity index is 534. The number of nitrogens with two attached hydrogens (primary N) is 1. The molecule has 0 fully saturated rings. The van der Waals surface area contributed by atoms with Crippen molar-refractivity contribution in [2.24, 2.45) is 5.84 Å². The molecule has 1 unspecified atom stereocenters. The Morgan fingerprint density at radius 1 is 1.47 bits per heavy atom. The van der Waals surface area contributed by atoms with Crippen molar-refractivity contribution in [2.45, 2.75) is 32.9 Å². The van der Waals surface area contributed by atoms with E-state index < -0.39 is 0 Å². The Morgan fingerprint density at radius 3 is 2.84 bits per heavy atom. The number of aromatic nitrogens is 3. The summed E-state index contributed by atoms with van der Waals surface area (Å²) >= 11 is 3.38. The van der Waals surface area contributed by atoms with E-state index in [0.717, 1.165) is 34.5 Å². The predicted molar refractivity (Wildman–Crippen MR) is 78.3 cm³/mol. The molecule has 0 aromatic carbocycles. The van der Waals surface area contributed by atoms with E-state index in [1.54, 1.807) is 6.20 Å². The van der Waals surface area contributed by atoms with Crippen molar-refractivity contribution >= 4 is 15.9 Å². The van der Waals surface area contributed by atoms with Gasteiger partial charge in [0.25, 0.3) is 0 Å². The molecule has 5 nitrogen and oxygen atoms in total. The van der Waals surface area contributed by atoms with Gasteiger partial charge in [0.1, 0.15) is 0 Å². The van der Waals surface area contributed by atoms with Crippen LogP contribution in [0.2, 0.25) is 0 Å². The number of rotatable bonds is 5. The van der Waals surface area contributed by atoms with E-state index in [0.29, 0.717) is 0 Å². The molecule has 2 aromatic heterocycles. The van der Waals surface area contributed by atoms with E-state index >= 15 is 0 Å². The molecule has 0 radical (unpaired) electrons. The molecule has 0 aliphatic rings. The molecule has 2 aromatic rings. The van der Waals surface area contributed by atoms with Gasteiger partial charge in [0.2, 0.25) is 0 Å². The second-order valence-corrected chi connectivity index (χ2v) is 5.33. The molecular formula is C13H18BrN5. The fraction of sp³-hybridized carbons (Fsp3) is 0.385. The summed E-state index contributed by atoms with van der Waals surface area (Å²) in [6.07, 6.45) is 2.54. The zero-order valence-electron chi connectivity index (χ0n) is 11.1. The van der Waals surface area contributed by atoms with E-state index in [1.807, 2.05) is 23.7 Å². The van der Waals surface area contributed by atoms with Crippen molar-refractivity contribution in [1.29, 1.82) is 0 Å². The van der Waals surface area contributed by atoms with Crippen LogP contribution >= 0.6 is 15.9 Å². The Morgan fingerprint density at radius 2 is 2.26 bits per heavy atom. The molecule has 0 saturated carbocycles. The molecular weight excluding hydrogens is 306 g/mol. The molecule has 0 saturated heterocycles. The summed E-state index contributed by atoms with van der Waals surface area (Å²) in [5, 5.41) is 4.44. The SMILES string of the molecule is CCn1nc(C)cc1CC(NN)c1ccc(Br)cn1. The zero-order chi connectivity index (χ0) is 13.8. The van der Waals surface area contributed by atoms with E-state index in [9.17, 15) is 0 Å². The number of nitrogens with one attached hydrogen (secondary N) is 1. The molecule has 0 aliphatic carbocycles. The van der Waals surface area contributed by atoms with Crippen molar-refractivity contribution in [2.75, 3.05) is 0 Å². The molecule has 0 spiro atoms. The third-order valence-corrected chi connectivity index (χ3v) is 3.48. The molecule has 102 valence electrons. The van der Waals surface area contributed by atoms with Gasteiger partial charge in [-0.1, -0.05) is 0 Å². The maximum Gasteiger partial charge on any atom is 0.0687 e. The number of hydrogen-bond acceptors (Lipinski definition) is 4. The number of hydrazine groups is 1. The van der Waals surface area contributed by atoms with Gasteiger partial charge in [-0.05, 0) is 48.0 Å². The minimum absolute atomic E-state index is 0.0190. The lowest BCUT2D eigenvalue weighted by molar-refractivity contribution is 0.507. The topological polar surface area (TPSA) is 68.8 Å². The molecule has 2 rings (SSSR count). The molecule has 19 heavy (non-hydrogen) atoms. The van der Waals surface area contributed by atoms with Crippen LogP contribution in [0.4, 0.5) is 0 Å². The summed E-state index contributed by atoms with van der Waals surface area (Å²) < 4.78 is 2.96. The predicted octanol–water partition coefficient (Wildman–Crippen LogP) is 2.12. The third-order valence-electron chi connectivity index (χ3n) is 3.01. The van der Waals surface area contributed by atoms with Crippen LogP contribution in [-0.4, -0.2) is 14.8 Å². The second kappa shape index (κ2) is 6.27. The Labute approximate surface area is 121 Å². The molecule has 1 atom stereocenters. The Balaban J connectivity index is 2.21. The maximum atomic E-state index is 5.66. The van der Waals surface area contributed by atoms with Crippen LogP contribution in [0.15, 0.2) is 28.9 Å². The van der Waals surface area contributed by atoms with Gasteiger partial charge in [0, 0.05) is 29.3 Å².